The van der Waals surface area contributed by atoms with E-state index in [1.54, 1.807) is 24.3 Å². The summed E-state index contributed by atoms with van der Waals surface area (Å²) < 4.78 is 6.06. The molecule has 0 bridgehead atoms. The van der Waals surface area contributed by atoms with Crippen LogP contribution in [0.25, 0.3) is 6.08 Å². The third-order valence-corrected chi connectivity index (χ3v) is 4.21. The predicted molar refractivity (Wildman–Crippen MR) is 97.4 cm³/mol. The number of phenolic OH excluding ortho intramolecular Hbond substituents is 1. The lowest BCUT2D eigenvalue weighted by molar-refractivity contribution is -0.117. The fraction of sp³-hybridized carbons (Fsp3) is 0.0588. The lowest BCUT2D eigenvalue weighted by atomic mass is 10.1. The Morgan fingerprint density at radius 3 is 2.54 bits per heavy atom. The van der Waals surface area contributed by atoms with Crippen molar-refractivity contribution in [2.45, 2.75) is 0 Å². The molecule has 0 saturated carbocycles. The molecule has 0 aromatic heterocycles. The quantitative estimate of drug-likeness (QED) is 0.441. The first-order chi connectivity index (χ1) is 11.5. The second-order valence-electron chi connectivity index (χ2n) is 5.05. The van der Waals surface area contributed by atoms with Crippen LogP contribution in [0.15, 0.2) is 48.0 Å². The molecular weight excluding hydrogens is 423 g/mol. The maximum Gasteiger partial charge on any atom is 0.282 e. The maximum atomic E-state index is 12.5. The summed E-state index contributed by atoms with van der Waals surface area (Å²) in [6.07, 6.45) is 1.46. The summed E-state index contributed by atoms with van der Waals surface area (Å²) in [6, 6.07) is 11.8. The SMILES string of the molecule is COc1cc(/C=C2/C(=O)NN(c3ccc(I)cc3)C2=O)ccc1O. The molecule has 0 spiro atoms. The molecule has 1 saturated heterocycles. The average molecular weight is 436 g/mol. The van der Waals surface area contributed by atoms with Gasteiger partial charge >= 0.3 is 0 Å². The molecule has 0 radical (unpaired) electrons. The van der Waals surface area contributed by atoms with Gasteiger partial charge in [-0.1, -0.05) is 6.07 Å². The van der Waals surface area contributed by atoms with Crippen LogP contribution in [0.2, 0.25) is 0 Å². The Bertz CT molecular complexity index is 846. The van der Waals surface area contributed by atoms with Crippen LogP contribution in [0.3, 0.4) is 0 Å². The highest BCUT2D eigenvalue weighted by molar-refractivity contribution is 14.1. The van der Waals surface area contributed by atoms with E-state index < -0.39 is 11.8 Å². The monoisotopic (exact) mass is 436 g/mol. The Hall–Kier alpha value is -2.55. The standard InChI is InChI=1S/C17H13IN2O4/c1-24-15-9-10(2-7-14(15)21)8-13-16(22)19-20(17(13)23)12-5-3-11(18)4-6-12/h2-9,21H,1H3,(H,19,22)/b13-8-. The van der Waals surface area contributed by atoms with Gasteiger partial charge in [-0.25, -0.2) is 5.01 Å². The van der Waals surface area contributed by atoms with Crippen molar-refractivity contribution in [1.82, 2.24) is 5.43 Å². The van der Waals surface area contributed by atoms with Crippen molar-refractivity contribution in [3.8, 4) is 11.5 Å². The van der Waals surface area contributed by atoms with E-state index in [-0.39, 0.29) is 17.1 Å². The highest BCUT2D eigenvalue weighted by atomic mass is 127. The smallest absolute Gasteiger partial charge is 0.282 e. The van der Waals surface area contributed by atoms with Crippen molar-refractivity contribution in [3.63, 3.8) is 0 Å². The van der Waals surface area contributed by atoms with E-state index in [1.807, 2.05) is 12.1 Å². The summed E-state index contributed by atoms with van der Waals surface area (Å²) in [5.74, 6) is -0.661. The number of amides is 2. The van der Waals surface area contributed by atoms with Crippen molar-refractivity contribution >= 4 is 46.2 Å². The molecule has 1 aliphatic rings. The Morgan fingerprint density at radius 2 is 1.88 bits per heavy atom. The van der Waals surface area contributed by atoms with Crippen molar-refractivity contribution in [1.29, 1.82) is 0 Å². The molecule has 6 nitrogen and oxygen atoms in total. The molecule has 2 amide bonds. The van der Waals surface area contributed by atoms with Crippen molar-refractivity contribution in [2.75, 3.05) is 12.1 Å². The summed E-state index contributed by atoms with van der Waals surface area (Å²) in [5, 5.41) is 10.8. The summed E-state index contributed by atoms with van der Waals surface area (Å²) in [4.78, 5) is 24.7. The number of carbonyl (C=O) groups is 2. The first-order valence-corrected chi connectivity index (χ1v) is 8.07. The van der Waals surface area contributed by atoms with Crippen molar-refractivity contribution in [3.05, 3.63) is 57.2 Å². The lowest BCUT2D eigenvalue weighted by Gasteiger charge is -2.14. The Balaban J connectivity index is 1.93. The van der Waals surface area contributed by atoms with Gasteiger partial charge in [-0.3, -0.25) is 15.0 Å². The van der Waals surface area contributed by atoms with Crippen LogP contribution in [0.4, 0.5) is 5.69 Å². The Morgan fingerprint density at radius 1 is 1.17 bits per heavy atom. The molecule has 7 heteroatoms. The van der Waals surface area contributed by atoms with E-state index in [1.165, 1.54) is 24.3 Å². The number of rotatable bonds is 3. The average Bonchev–Trinajstić information content (AvgIpc) is 2.85. The zero-order valence-electron chi connectivity index (χ0n) is 12.6. The number of halogens is 1. The van der Waals surface area contributed by atoms with Gasteiger partial charge in [-0.05, 0) is 70.6 Å². The predicted octanol–water partition coefficient (Wildman–Crippen LogP) is 2.47. The first kappa shape index (κ1) is 16.3. The second kappa shape index (κ2) is 6.52. The molecule has 2 N–H and O–H groups in total. The highest BCUT2D eigenvalue weighted by Gasteiger charge is 2.34. The van der Waals surface area contributed by atoms with Gasteiger partial charge in [0, 0.05) is 3.57 Å². The van der Waals surface area contributed by atoms with Crippen LogP contribution in [0.1, 0.15) is 5.56 Å². The van der Waals surface area contributed by atoms with E-state index in [0.29, 0.717) is 11.3 Å². The number of hydrazine groups is 1. The number of nitrogens with one attached hydrogen (secondary N) is 1. The van der Waals surface area contributed by atoms with Crippen molar-refractivity contribution in [2.24, 2.45) is 0 Å². The van der Waals surface area contributed by atoms with E-state index in [9.17, 15) is 14.7 Å². The molecule has 1 aliphatic heterocycles. The number of phenols is 1. The third kappa shape index (κ3) is 3.07. The van der Waals surface area contributed by atoms with Gasteiger partial charge in [-0.15, -0.1) is 0 Å². The van der Waals surface area contributed by atoms with Gasteiger partial charge in [-0.2, -0.15) is 0 Å². The van der Waals surface area contributed by atoms with Gasteiger partial charge in [0.2, 0.25) is 0 Å². The fourth-order valence-electron chi connectivity index (χ4n) is 2.28. The minimum Gasteiger partial charge on any atom is -0.504 e. The normalized spacial score (nSPS) is 15.8. The highest BCUT2D eigenvalue weighted by Crippen LogP contribution is 2.28. The third-order valence-electron chi connectivity index (χ3n) is 3.49. The number of methoxy groups -OCH3 is 1. The number of ether oxygens (including phenoxy) is 1. The van der Waals surface area contributed by atoms with Crippen LogP contribution in [0, 0.1) is 3.57 Å². The lowest BCUT2D eigenvalue weighted by Crippen LogP contribution is -2.35. The van der Waals surface area contributed by atoms with Gasteiger partial charge in [0.25, 0.3) is 11.8 Å². The fourth-order valence-corrected chi connectivity index (χ4v) is 2.64. The van der Waals surface area contributed by atoms with Gasteiger partial charge in [0.1, 0.15) is 5.57 Å². The molecule has 122 valence electrons. The molecule has 2 aromatic rings. The number of benzene rings is 2. The number of aromatic hydroxyl groups is 1. The molecule has 0 aliphatic carbocycles. The maximum absolute atomic E-state index is 12.5. The van der Waals surface area contributed by atoms with Gasteiger partial charge < -0.3 is 9.84 Å². The molecule has 1 fully saturated rings. The number of carbonyl (C=O) groups excluding carboxylic acids is 2. The minimum atomic E-state index is -0.481. The summed E-state index contributed by atoms with van der Waals surface area (Å²) in [6.45, 7) is 0. The zero-order valence-corrected chi connectivity index (χ0v) is 14.8. The van der Waals surface area contributed by atoms with Crippen molar-refractivity contribution < 1.29 is 19.4 Å². The molecule has 0 atom stereocenters. The zero-order chi connectivity index (χ0) is 17.3. The van der Waals surface area contributed by atoms with Crippen LogP contribution < -0.4 is 15.2 Å². The molecule has 24 heavy (non-hydrogen) atoms. The van der Waals surface area contributed by atoms with Crippen LogP contribution in [-0.4, -0.2) is 24.0 Å². The summed E-state index contributed by atoms with van der Waals surface area (Å²) in [7, 11) is 1.43. The van der Waals surface area contributed by atoms with Crippen LogP contribution >= 0.6 is 22.6 Å². The largest absolute Gasteiger partial charge is 0.504 e. The van der Waals surface area contributed by atoms with E-state index in [0.717, 1.165) is 3.57 Å². The van der Waals surface area contributed by atoms with E-state index >= 15 is 0 Å². The number of anilines is 1. The van der Waals surface area contributed by atoms with Crippen LogP contribution in [-0.2, 0) is 9.59 Å². The summed E-state index contributed by atoms with van der Waals surface area (Å²) >= 11 is 2.16. The second-order valence-corrected chi connectivity index (χ2v) is 6.29. The minimum absolute atomic E-state index is 0.0117. The number of nitrogens with zero attached hydrogens (tertiary/aromatic N) is 1. The van der Waals surface area contributed by atoms with E-state index in [4.69, 9.17) is 4.74 Å². The molecule has 0 unspecified atom stereocenters. The molecule has 2 aromatic carbocycles. The molecule has 3 rings (SSSR count). The van der Waals surface area contributed by atoms with Crippen LogP contribution in [0.5, 0.6) is 11.5 Å². The molecule has 1 heterocycles. The van der Waals surface area contributed by atoms with E-state index in [2.05, 4.69) is 28.0 Å². The number of hydrogen-bond acceptors (Lipinski definition) is 4. The summed E-state index contributed by atoms with van der Waals surface area (Å²) in [5.41, 5.74) is 3.72. The first-order valence-electron chi connectivity index (χ1n) is 6.99. The topological polar surface area (TPSA) is 78.9 Å². The number of hydrogen-bond donors (Lipinski definition) is 2. The Labute approximate surface area is 151 Å². The molecular formula is C17H13IN2O4. The van der Waals surface area contributed by atoms with Gasteiger partial charge in [0.05, 0.1) is 12.8 Å². The Kier molecular flexibility index (Phi) is 4.43. The van der Waals surface area contributed by atoms with Gasteiger partial charge in [0.15, 0.2) is 11.5 Å².